The Balaban J connectivity index is 0.000000491. The van der Waals surface area contributed by atoms with Crippen LogP contribution in [-0.2, 0) is 9.53 Å². The predicted molar refractivity (Wildman–Crippen MR) is 75.7 cm³/mol. The molecule has 8 nitrogen and oxygen atoms in total. The van der Waals surface area contributed by atoms with Crippen LogP contribution in [0.3, 0.4) is 0 Å². The van der Waals surface area contributed by atoms with E-state index in [1.54, 1.807) is 32.0 Å². The van der Waals surface area contributed by atoms with Crippen LogP contribution in [0.4, 0.5) is 4.79 Å². The molecule has 2 amide bonds. The van der Waals surface area contributed by atoms with Crippen LogP contribution in [0.2, 0.25) is 0 Å². The summed E-state index contributed by atoms with van der Waals surface area (Å²) in [7, 11) is 0. The first-order valence-electron chi connectivity index (χ1n) is 6.19. The molecule has 21 heavy (non-hydrogen) atoms. The highest BCUT2D eigenvalue weighted by molar-refractivity contribution is 5.80. The maximum atomic E-state index is 11.6. The number of esters is 1. The molecular weight excluding hydrogens is 278 g/mol. The lowest BCUT2D eigenvalue weighted by molar-refractivity contribution is -0.144. The third-order valence-corrected chi connectivity index (χ3v) is 2.59. The first kappa shape index (κ1) is 16.3. The normalized spacial score (nSPS) is 11.3. The molecule has 0 radical (unpaired) electrons. The van der Waals surface area contributed by atoms with Gasteiger partial charge in [0, 0.05) is 0 Å². The van der Waals surface area contributed by atoms with Crippen molar-refractivity contribution in [1.82, 2.24) is 4.98 Å². The van der Waals surface area contributed by atoms with Gasteiger partial charge in [-0.1, -0.05) is 6.07 Å². The number of ether oxygens (including phenoxy) is 1. The molecule has 0 fully saturated rings. The number of hydrogen-bond donors (Lipinski definition) is 3. The molecule has 114 valence electrons. The smallest absolute Gasteiger partial charge is 0.417 e. The summed E-state index contributed by atoms with van der Waals surface area (Å²) in [5, 5.41) is 0. The minimum Gasteiger partial charge on any atom is -0.466 e. The van der Waals surface area contributed by atoms with Gasteiger partial charge in [-0.15, -0.1) is 0 Å². The van der Waals surface area contributed by atoms with Gasteiger partial charge in [0.1, 0.15) is 0 Å². The summed E-state index contributed by atoms with van der Waals surface area (Å²) < 4.78 is 9.87. The standard InChI is InChI=1S/C12H13NO4.CH4N2O/c1-3-16-11(14)7(2)8-4-5-9-10(6-8)17-12(15)13-9;2-1(3)4/h4-7H,3H2,1-2H3,(H,13,15);(H4,2,3,4). The lowest BCUT2D eigenvalue weighted by Gasteiger charge is -2.10. The van der Waals surface area contributed by atoms with Gasteiger partial charge in [0.05, 0.1) is 18.0 Å². The molecule has 1 atom stereocenters. The molecule has 1 unspecified atom stereocenters. The van der Waals surface area contributed by atoms with Crippen LogP contribution in [0.5, 0.6) is 0 Å². The van der Waals surface area contributed by atoms with Gasteiger partial charge in [-0.25, -0.2) is 9.59 Å². The van der Waals surface area contributed by atoms with E-state index < -0.39 is 11.8 Å². The van der Waals surface area contributed by atoms with Crippen molar-refractivity contribution in [2.24, 2.45) is 11.5 Å². The van der Waals surface area contributed by atoms with Crippen LogP contribution >= 0.6 is 0 Å². The van der Waals surface area contributed by atoms with E-state index in [0.717, 1.165) is 5.56 Å². The van der Waals surface area contributed by atoms with E-state index in [9.17, 15) is 9.59 Å². The summed E-state index contributed by atoms with van der Waals surface area (Å²) in [5.41, 5.74) is 10.3. The topological polar surface area (TPSA) is 141 Å². The number of fused-ring (bicyclic) bond motifs is 1. The molecule has 0 spiro atoms. The Hall–Kier alpha value is -2.77. The van der Waals surface area contributed by atoms with Crippen molar-refractivity contribution in [2.45, 2.75) is 19.8 Å². The van der Waals surface area contributed by atoms with Gasteiger partial charge < -0.3 is 20.6 Å². The van der Waals surface area contributed by atoms with Crippen molar-refractivity contribution in [3.63, 3.8) is 0 Å². The average Bonchev–Trinajstić information content (AvgIpc) is 2.76. The number of amides is 2. The van der Waals surface area contributed by atoms with Crippen molar-refractivity contribution < 1.29 is 18.7 Å². The number of rotatable bonds is 3. The van der Waals surface area contributed by atoms with E-state index in [0.29, 0.717) is 17.7 Å². The second-order valence-corrected chi connectivity index (χ2v) is 4.15. The molecule has 1 aromatic heterocycles. The SMILES string of the molecule is CCOC(=O)C(C)c1ccc2[nH]c(=O)oc2c1.NC(N)=O. The zero-order chi connectivity index (χ0) is 16.0. The number of carbonyl (C=O) groups is 2. The highest BCUT2D eigenvalue weighted by Crippen LogP contribution is 2.21. The second kappa shape index (κ2) is 7.13. The summed E-state index contributed by atoms with van der Waals surface area (Å²) in [5.74, 6) is -1.16. The Morgan fingerprint density at radius 1 is 1.38 bits per heavy atom. The fourth-order valence-corrected chi connectivity index (χ4v) is 1.63. The predicted octanol–water partition coefficient (Wildman–Crippen LogP) is 0.812. The van der Waals surface area contributed by atoms with E-state index in [4.69, 9.17) is 13.9 Å². The van der Waals surface area contributed by atoms with Gasteiger partial charge in [-0.05, 0) is 31.5 Å². The number of carbonyl (C=O) groups excluding carboxylic acids is 2. The molecule has 1 heterocycles. The Morgan fingerprint density at radius 3 is 2.57 bits per heavy atom. The quantitative estimate of drug-likeness (QED) is 0.718. The van der Waals surface area contributed by atoms with Gasteiger partial charge in [0.15, 0.2) is 5.58 Å². The maximum Gasteiger partial charge on any atom is 0.417 e. The van der Waals surface area contributed by atoms with Crippen LogP contribution < -0.4 is 17.2 Å². The van der Waals surface area contributed by atoms with Crippen molar-refractivity contribution in [1.29, 1.82) is 0 Å². The molecule has 0 aliphatic heterocycles. The number of urea groups is 1. The Bertz CT molecular complexity index is 684. The highest BCUT2D eigenvalue weighted by Gasteiger charge is 2.17. The molecule has 1 aromatic carbocycles. The Kier molecular flexibility index (Phi) is 5.53. The number of hydrogen-bond acceptors (Lipinski definition) is 5. The van der Waals surface area contributed by atoms with Gasteiger partial charge in [-0.3, -0.25) is 9.78 Å². The number of primary amides is 2. The first-order chi connectivity index (χ1) is 9.85. The van der Waals surface area contributed by atoms with Crippen LogP contribution in [0, 0.1) is 0 Å². The molecule has 2 aromatic rings. The Labute approximate surface area is 120 Å². The molecule has 0 saturated carbocycles. The number of aromatic amines is 1. The molecule has 8 heteroatoms. The highest BCUT2D eigenvalue weighted by atomic mass is 16.5. The summed E-state index contributed by atoms with van der Waals surface area (Å²) in [6.45, 7) is 3.87. The molecule has 0 saturated heterocycles. The zero-order valence-electron chi connectivity index (χ0n) is 11.7. The number of nitrogens with two attached hydrogens (primary N) is 2. The minimum atomic E-state index is -0.833. The van der Waals surface area contributed by atoms with E-state index in [1.807, 2.05) is 0 Å². The lowest BCUT2D eigenvalue weighted by Crippen LogP contribution is -2.18. The Morgan fingerprint density at radius 2 is 2.00 bits per heavy atom. The summed E-state index contributed by atoms with van der Waals surface area (Å²) >= 11 is 0. The largest absolute Gasteiger partial charge is 0.466 e. The number of benzene rings is 1. The summed E-state index contributed by atoms with van der Waals surface area (Å²) in [6.07, 6.45) is 0. The van der Waals surface area contributed by atoms with Crippen LogP contribution in [0.1, 0.15) is 25.3 Å². The number of H-pyrrole nitrogens is 1. The summed E-state index contributed by atoms with van der Waals surface area (Å²) in [4.78, 5) is 34.1. The molecule has 2 rings (SSSR count). The fraction of sp³-hybridized carbons (Fsp3) is 0.308. The number of nitrogens with one attached hydrogen (secondary N) is 1. The van der Waals surface area contributed by atoms with Gasteiger partial charge >= 0.3 is 17.8 Å². The lowest BCUT2D eigenvalue weighted by atomic mass is 10.0. The fourth-order valence-electron chi connectivity index (χ4n) is 1.63. The molecule has 0 aliphatic rings. The number of oxazole rings is 1. The van der Waals surface area contributed by atoms with Crippen LogP contribution in [0.15, 0.2) is 27.4 Å². The van der Waals surface area contributed by atoms with Gasteiger partial charge in [0.2, 0.25) is 0 Å². The van der Waals surface area contributed by atoms with E-state index >= 15 is 0 Å². The maximum absolute atomic E-state index is 11.6. The van der Waals surface area contributed by atoms with Crippen LogP contribution in [-0.4, -0.2) is 23.6 Å². The second-order valence-electron chi connectivity index (χ2n) is 4.15. The third-order valence-electron chi connectivity index (χ3n) is 2.59. The van der Waals surface area contributed by atoms with Gasteiger partial charge in [-0.2, -0.15) is 0 Å². The van der Waals surface area contributed by atoms with E-state index in [-0.39, 0.29) is 11.9 Å². The molecule has 0 bridgehead atoms. The number of aromatic nitrogens is 1. The van der Waals surface area contributed by atoms with E-state index in [2.05, 4.69) is 16.5 Å². The molecule has 0 aliphatic carbocycles. The third kappa shape index (κ3) is 4.68. The zero-order valence-corrected chi connectivity index (χ0v) is 11.7. The average molecular weight is 295 g/mol. The van der Waals surface area contributed by atoms with Gasteiger partial charge in [0.25, 0.3) is 0 Å². The first-order valence-corrected chi connectivity index (χ1v) is 6.19. The van der Waals surface area contributed by atoms with E-state index in [1.165, 1.54) is 0 Å². The van der Waals surface area contributed by atoms with Crippen molar-refractivity contribution >= 4 is 23.1 Å². The monoisotopic (exact) mass is 295 g/mol. The van der Waals surface area contributed by atoms with Crippen molar-refractivity contribution in [3.05, 3.63) is 34.3 Å². The van der Waals surface area contributed by atoms with Crippen molar-refractivity contribution in [3.8, 4) is 0 Å². The molecule has 5 N–H and O–H groups in total. The molecular formula is C13H17N3O5. The summed E-state index contributed by atoms with van der Waals surface area (Å²) in [6, 6.07) is 4.33. The van der Waals surface area contributed by atoms with Crippen LogP contribution in [0.25, 0.3) is 11.1 Å². The van der Waals surface area contributed by atoms with Crippen molar-refractivity contribution in [2.75, 3.05) is 6.61 Å². The minimum absolute atomic E-state index is 0.287.